The molecule has 1 heterocycles. The maximum Gasteiger partial charge on any atom is 0.337 e. The summed E-state index contributed by atoms with van der Waals surface area (Å²) in [5, 5.41) is 0. The molecule has 0 amide bonds. The third-order valence-electron chi connectivity index (χ3n) is 3.40. The lowest BCUT2D eigenvalue weighted by Gasteiger charge is -2.08. The highest BCUT2D eigenvalue weighted by atomic mass is 16.5. The van der Waals surface area contributed by atoms with Crippen LogP contribution in [0.25, 0.3) is 0 Å². The fourth-order valence-corrected chi connectivity index (χ4v) is 2.01. The zero-order chi connectivity index (χ0) is 17.4. The minimum Gasteiger partial charge on any atom is -0.465 e. The fraction of sp³-hybridized carbons (Fsp3) is 0.625. The number of carbonyl (C=O) groups excluding carboxylic acids is 2. The summed E-state index contributed by atoms with van der Waals surface area (Å²) in [6.07, 6.45) is 3.42. The molecular weight excluding hydrogens is 300 g/mol. The molecular formula is C16H24N2O5. The van der Waals surface area contributed by atoms with Gasteiger partial charge in [-0.2, -0.15) is 0 Å². The van der Waals surface area contributed by atoms with Crippen molar-refractivity contribution in [1.29, 1.82) is 0 Å². The Labute approximate surface area is 134 Å². The summed E-state index contributed by atoms with van der Waals surface area (Å²) in [6, 6.07) is 1.22. The Balaban J connectivity index is 2.42. The molecule has 0 unspecified atom stereocenters. The van der Waals surface area contributed by atoms with E-state index in [9.17, 15) is 19.2 Å². The highest BCUT2D eigenvalue weighted by molar-refractivity contribution is 5.78. The molecule has 0 atom stereocenters. The van der Waals surface area contributed by atoms with Gasteiger partial charge in [0.25, 0.3) is 5.56 Å². The lowest BCUT2D eigenvalue weighted by atomic mass is 10.2. The molecule has 7 nitrogen and oxygen atoms in total. The predicted molar refractivity (Wildman–Crippen MR) is 85.5 cm³/mol. The van der Waals surface area contributed by atoms with Gasteiger partial charge in [0.15, 0.2) is 0 Å². The highest BCUT2D eigenvalue weighted by Gasteiger charge is 2.11. The fourth-order valence-electron chi connectivity index (χ4n) is 2.01. The molecule has 0 saturated carbocycles. The summed E-state index contributed by atoms with van der Waals surface area (Å²) < 4.78 is 7.03. The van der Waals surface area contributed by atoms with Gasteiger partial charge >= 0.3 is 11.7 Å². The van der Waals surface area contributed by atoms with E-state index in [-0.39, 0.29) is 30.8 Å². The van der Waals surface area contributed by atoms with Gasteiger partial charge in [-0.05, 0) is 26.2 Å². The number of aromatic nitrogens is 2. The lowest BCUT2D eigenvalue weighted by Crippen LogP contribution is -2.40. The summed E-state index contributed by atoms with van der Waals surface area (Å²) >= 11 is 0. The minimum atomic E-state index is -0.601. The molecule has 0 N–H and O–H groups in total. The summed E-state index contributed by atoms with van der Waals surface area (Å²) in [7, 11) is 0. The van der Waals surface area contributed by atoms with Gasteiger partial charge in [0.1, 0.15) is 0 Å². The standard InChI is InChI=1S/C16H24N2O5/c1-4-17-14(20)9-10-18(16(17)22)13(19)8-6-5-7-11-23-15(21)12(2)3/h9-10,12H,4-8,11H2,1-3H3. The molecule has 1 aromatic heterocycles. The van der Waals surface area contributed by atoms with Crippen LogP contribution in [0.1, 0.15) is 51.2 Å². The second kappa shape index (κ2) is 9.07. The Kier molecular flexibility index (Phi) is 7.44. The number of hydrogen-bond acceptors (Lipinski definition) is 5. The van der Waals surface area contributed by atoms with Gasteiger partial charge in [0.05, 0.1) is 12.5 Å². The third-order valence-corrected chi connectivity index (χ3v) is 3.40. The van der Waals surface area contributed by atoms with E-state index < -0.39 is 11.2 Å². The molecule has 0 aliphatic heterocycles. The van der Waals surface area contributed by atoms with Gasteiger partial charge in [-0.1, -0.05) is 13.8 Å². The number of esters is 1. The summed E-state index contributed by atoms with van der Waals surface area (Å²) in [5.74, 6) is -0.705. The molecule has 1 rings (SSSR count). The minimum absolute atomic E-state index is 0.141. The molecule has 0 saturated heterocycles. The molecule has 0 aromatic carbocycles. The number of rotatable bonds is 8. The van der Waals surface area contributed by atoms with Crippen LogP contribution in [0.3, 0.4) is 0 Å². The summed E-state index contributed by atoms with van der Waals surface area (Å²) in [6.45, 7) is 5.79. The van der Waals surface area contributed by atoms with E-state index in [4.69, 9.17) is 4.74 Å². The average molecular weight is 324 g/mol. The van der Waals surface area contributed by atoms with Gasteiger partial charge in [0, 0.05) is 25.2 Å². The quantitative estimate of drug-likeness (QED) is 0.533. The number of hydrogen-bond donors (Lipinski definition) is 0. The number of ether oxygens (including phenoxy) is 1. The molecule has 7 heteroatoms. The average Bonchev–Trinajstić information content (AvgIpc) is 2.50. The molecule has 1 aromatic rings. The zero-order valence-electron chi connectivity index (χ0n) is 13.9. The van der Waals surface area contributed by atoms with Crippen molar-refractivity contribution >= 4 is 11.9 Å². The van der Waals surface area contributed by atoms with Crippen molar-refractivity contribution in [3.8, 4) is 0 Å². The molecule has 0 fully saturated rings. The Hall–Kier alpha value is -2.18. The highest BCUT2D eigenvalue weighted by Crippen LogP contribution is 2.03. The van der Waals surface area contributed by atoms with E-state index in [0.29, 0.717) is 19.4 Å². The normalized spacial score (nSPS) is 10.8. The summed E-state index contributed by atoms with van der Waals surface area (Å²) in [5.41, 5.74) is -1.01. The third kappa shape index (κ3) is 5.50. The largest absolute Gasteiger partial charge is 0.465 e. The Bertz CT molecular complexity index is 657. The van der Waals surface area contributed by atoms with Crippen molar-refractivity contribution in [3.05, 3.63) is 33.1 Å². The maximum absolute atomic E-state index is 12.0. The first-order chi connectivity index (χ1) is 10.9. The first-order valence-corrected chi connectivity index (χ1v) is 7.90. The van der Waals surface area contributed by atoms with Crippen molar-refractivity contribution in [2.75, 3.05) is 6.61 Å². The van der Waals surface area contributed by atoms with Crippen LogP contribution < -0.4 is 11.2 Å². The van der Waals surface area contributed by atoms with Gasteiger partial charge in [0.2, 0.25) is 5.91 Å². The molecule has 0 spiro atoms. The van der Waals surface area contributed by atoms with Crippen molar-refractivity contribution in [3.63, 3.8) is 0 Å². The van der Waals surface area contributed by atoms with Gasteiger partial charge < -0.3 is 4.74 Å². The smallest absolute Gasteiger partial charge is 0.337 e. The molecule has 128 valence electrons. The second-order valence-electron chi connectivity index (χ2n) is 5.58. The molecule has 0 aliphatic carbocycles. The van der Waals surface area contributed by atoms with E-state index >= 15 is 0 Å². The van der Waals surface area contributed by atoms with E-state index in [0.717, 1.165) is 15.6 Å². The first kappa shape index (κ1) is 18.9. The van der Waals surface area contributed by atoms with Gasteiger partial charge in [-0.15, -0.1) is 0 Å². The second-order valence-corrected chi connectivity index (χ2v) is 5.58. The van der Waals surface area contributed by atoms with Gasteiger partial charge in [-0.25, -0.2) is 9.36 Å². The molecule has 0 bridgehead atoms. The van der Waals surface area contributed by atoms with Crippen LogP contribution >= 0.6 is 0 Å². The Morgan fingerprint density at radius 3 is 2.48 bits per heavy atom. The first-order valence-electron chi connectivity index (χ1n) is 7.90. The van der Waals surface area contributed by atoms with Crippen molar-refractivity contribution in [2.24, 2.45) is 5.92 Å². The molecule has 23 heavy (non-hydrogen) atoms. The van der Waals surface area contributed by atoms with Gasteiger partial charge in [-0.3, -0.25) is 19.0 Å². The Morgan fingerprint density at radius 2 is 1.87 bits per heavy atom. The maximum atomic E-state index is 12.0. The van der Waals surface area contributed by atoms with Crippen LogP contribution in [0.4, 0.5) is 0 Å². The van der Waals surface area contributed by atoms with E-state index in [1.807, 2.05) is 0 Å². The van der Waals surface area contributed by atoms with Crippen molar-refractivity contribution in [1.82, 2.24) is 9.13 Å². The molecule has 0 radical (unpaired) electrons. The Morgan fingerprint density at radius 1 is 1.17 bits per heavy atom. The van der Waals surface area contributed by atoms with Crippen LogP contribution in [0.15, 0.2) is 21.9 Å². The number of carbonyl (C=O) groups is 2. The van der Waals surface area contributed by atoms with Crippen molar-refractivity contribution < 1.29 is 14.3 Å². The number of unbranched alkanes of at least 4 members (excludes halogenated alkanes) is 2. The molecule has 0 aliphatic rings. The van der Waals surface area contributed by atoms with E-state index in [1.54, 1.807) is 20.8 Å². The van der Waals surface area contributed by atoms with Crippen LogP contribution in [0, 0.1) is 5.92 Å². The summed E-state index contributed by atoms with van der Waals surface area (Å²) in [4.78, 5) is 46.8. The van der Waals surface area contributed by atoms with E-state index in [2.05, 4.69) is 0 Å². The topological polar surface area (TPSA) is 87.4 Å². The van der Waals surface area contributed by atoms with Crippen LogP contribution in [-0.4, -0.2) is 27.6 Å². The van der Waals surface area contributed by atoms with Crippen molar-refractivity contribution in [2.45, 2.75) is 53.0 Å². The SMILES string of the molecule is CCn1c(=O)ccn(C(=O)CCCCCOC(=O)C(C)C)c1=O. The number of nitrogens with zero attached hydrogens (tertiary/aromatic N) is 2. The predicted octanol–water partition coefficient (Wildman–Crippen LogP) is 1.43. The monoisotopic (exact) mass is 324 g/mol. The lowest BCUT2D eigenvalue weighted by molar-refractivity contribution is -0.147. The van der Waals surface area contributed by atoms with E-state index in [1.165, 1.54) is 12.3 Å². The van der Waals surface area contributed by atoms with Crippen LogP contribution in [0.2, 0.25) is 0 Å². The zero-order valence-corrected chi connectivity index (χ0v) is 13.9. The van der Waals surface area contributed by atoms with Crippen LogP contribution in [0.5, 0.6) is 0 Å². The van der Waals surface area contributed by atoms with Crippen LogP contribution in [-0.2, 0) is 16.1 Å².